The predicted molar refractivity (Wildman–Crippen MR) is 169 cm³/mol. The third-order valence-corrected chi connectivity index (χ3v) is 15.4. The van der Waals surface area contributed by atoms with Crippen molar-refractivity contribution in [2.75, 3.05) is 26.7 Å². The molecule has 7 fully saturated rings. The van der Waals surface area contributed by atoms with E-state index in [0.29, 0.717) is 18.3 Å². The summed E-state index contributed by atoms with van der Waals surface area (Å²) in [5.74, 6) is 1.12. The zero-order valence-electron chi connectivity index (χ0n) is 29.3. The minimum absolute atomic E-state index is 0.0507. The summed E-state index contributed by atoms with van der Waals surface area (Å²) in [5, 5.41) is 11.0. The maximum atomic E-state index is 15.0. The van der Waals surface area contributed by atoms with Gasteiger partial charge in [-0.3, -0.25) is 14.5 Å². The smallest absolute Gasteiger partial charge is 0.303 e. The fourth-order valence-electron chi connectivity index (χ4n) is 13.3. The minimum Gasteiger partial charge on any atom is -0.457 e. The molecular formula is C37H59NO7. The summed E-state index contributed by atoms with van der Waals surface area (Å²) in [6.45, 7) is 19.1. The van der Waals surface area contributed by atoms with Gasteiger partial charge in [0.15, 0.2) is 18.2 Å². The number of likely N-dealkylation sites (N-methyl/N-ethyl adjacent to an activating group) is 1. The summed E-state index contributed by atoms with van der Waals surface area (Å²) in [7, 11) is 2.14. The number of morpholine rings is 1. The maximum Gasteiger partial charge on any atom is 0.303 e. The van der Waals surface area contributed by atoms with Gasteiger partial charge in [-0.2, -0.15) is 0 Å². The van der Waals surface area contributed by atoms with Gasteiger partial charge >= 0.3 is 5.97 Å². The number of carbonyl (C=O) groups is 2. The summed E-state index contributed by atoms with van der Waals surface area (Å²) in [4.78, 5) is 29.3. The Labute approximate surface area is 270 Å². The summed E-state index contributed by atoms with van der Waals surface area (Å²) in [6, 6.07) is 0. The standard InChI is InChI=1S/C37H59NO7/c1-21-18-23(31(33(5,6)41)43-22(2)39)44-29-28(21)34(7)14-15-37-20-36(37)13-12-26(45-27-19-38(9)16-17-42-27)32(3,4)24(36)10-11-25(37)35(34,8)30(29)40/h21,23-29,31,41H,10-20H2,1-9H3/t21-,23-,24+,25+,26+,27?,28+,29+,31?,34-,35-,36-,37?/m1/s1. The van der Waals surface area contributed by atoms with Crippen LogP contribution in [0.25, 0.3) is 0 Å². The monoisotopic (exact) mass is 629 g/mol. The lowest BCUT2D eigenvalue weighted by molar-refractivity contribution is -0.245. The van der Waals surface area contributed by atoms with Crippen LogP contribution in [0.5, 0.6) is 0 Å². The quantitative estimate of drug-likeness (QED) is 0.405. The van der Waals surface area contributed by atoms with Crippen LogP contribution < -0.4 is 0 Å². The Balaban J connectivity index is 1.15. The van der Waals surface area contributed by atoms with Crippen molar-refractivity contribution in [1.29, 1.82) is 0 Å². The summed E-state index contributed by atoms with van der Waals surface area (Å²) < 4.78 is 25.2. The topological polar surface area (TPSA) is 94.5 Å². The van der Waals surface area contributed by atoms with Crippen molar-refractivity contribution in [3.8, 4) is 0 Å². The molecule has 1 N–H and O–H groups in total. The Morgan fingerprint density at radius 2 is 1.76 bits per heavy atom. The van der Waals surface area contributed by atoms with E-state index in [2.05, 4.69) is 46.6 Å². The molecule has 7 rings (SSSR count). The molecule has 0 aromatic carbocycles. The molecule has 3 unspecified atom stereocenters. The zero-order chi connectivity index (χ0) is 32.5. The van der Waals surface area contributed by atoms with E-state index in [1.165, 1.54) is 26.2 Å². The van der Waals surface area contributed by atoms with Crippen molar-refractivity contribution in [3.05, 3.63) is 0 Å². The molecule has 5 aliphatic carbocycles. The van der Waals surface area contributed by atoms with Gasteiger partial charge in [-0.05, 0) is 112 Å². The molecule has 2 heterocycles. The van der Waals surface area contributed by atoms with E-state index in [4.69, 9.17) is 18.9 Å². The van der Waals surface area contributed by atoms with E-state index in [-0.39, 0.29) is 51.7 Å². The first-order valence-corrected chi connectivity index (χ1v) is 18.0. The number of esters is 1. The van der Waals surface area contributed by atoms with E-state index in [0.717, 1.165) is 45.4 Å². The highest BCUT2D eigenvalue weighted by Crippen LogP contribution is 2.89. The highest BCUT2D eigenvalue weighted by Gasteiger charge is 2.85. The molecule has 5 saturated carbocycles. The molecule has 13 atom stereocenters. The second-order valence-electron chi connectivity index (χ2n) is 18.2. The Kier molecular flexibility index (Phi) is 7.38. The van der Waals surface area contributed by atoms with Gasteiger partial charge in [-0.1, -0.05) is 34.6 Å². The first-order valence-electron chi connectivity index (χ1n) is 18.0. The van der Waals surface area contributed by atoms with Gasteiger partial charge in [-0.25, -0.2) is 0 Å². The Morgan fingerprint density at radius 1 is 1.07 bits per heavy atom. The fraction of sp³-hybridized carbons (Fsp3) is 0.946. The van der Waals surface area contributed by atoms with Gasteiger partial charge in [0.25, 0.3) is 0 Å². The molecule has 7 aliphatic rings. The van der Waals surface area contributed by atoms with Crippen molar-refractivity contribution in [2.45, 2.75) is 143 Å². The molecular weight excluding hydrogens is 570 g/mol. The van der Waals surface area contributed by atoms with E-state index >= 15 is 0 Å². The molecule has 0 amide bonds. The Morgan fingerprint density at radius 3 is 2.42 bits per heavy atom. The van der Waals surface area contributed by atoms with Gasteiger partial charge in [0.2, 0.25) is 0 Å². The lowest BCUT2D eigenvalue weighted by Gasteiger charge is -2.62. The molecule has 0 aromatic rings. The van der Waals surface area contributed by atoms with Crippen LogP contribution in [0.2, 0.25) is 0 Å². The number of ether oxygens (including phenoxy) is 4. The third kappa shape index (κ3) is 4.33. The lowest BCUT2D eigenvalue weighted by Crippen LogP contribution is -2.59. The average molecular weight is 630 g/mol. The van der Waals surface area contributed by atoms with Crippen molar-refractivity contribution in [1.82, 2.24) is 4.90 Å². The normalized spacial score (nSPS) is 51.2. The highest BCUT2D eigenvalue weighted by atomic mass is 16.7. The fourth-order valence-corrected chi connectivity index (χ4v) is 13.3. The first kappa shape index (κ1) is 32.5. The van der Waals surface area contributed by atoms with Gasteiger partial charge in [0.1, 0.15) is 6.10 Å². The number of rotatable bonds is 5. The van der Waals surface area contributed by atoms with E-state index in [1.807, 2.05) is 0 Å². The van der Waals surface area contributed by atoms with Crippen molar-refractivity contribution in [2.24, 2.45) is 50.7 Å². The highest BCUT2D eigenvalue weighted by molar-refractivity contribution is 5.93. The van der Waals surface area contributed by atoms with Crippen LogP contribution in [0.15, 0.2) is 0 Å². The van der Waals surface area contributed by atoms with Crippen LogP contribution in [0.4, 0.5) is 0 Å². The largest absolute Gasteiger partial charge is 0.457 e. The molecule has 0 aromatic heterocycles. The first-order chi connectivity index (χ1) is 20.9. The van der Waals surface area contributed by atoms with Gasteiger partial charge in [0.05, 0.1) is 24.4 Å². The van der Waals surface area contributed by atoms with Crippen LogP contribution >= 0.6 is 0 Å². The van der Waals surface area contributed by atoms with Crippen LogP contribution in [0.1, 0.15) is 107 Å². The van der Waals surface area contributed by atoms with Crippen LogP contribution in [0, 0.1) is 50.7 Å². The van der Waals surface area contributed by atoms with E-state index in [1.54, 1.807) is 13.8 Å². The predicted octanol–water partition coefficient (Wildman–Crippen LogP) is 5.38. The number of nitrogens with zero attached hydrogens (tertiary/aromatic N) is 1. The second kappa shape index (κ2) is 10.2. The van der Waals surface area contributed by atoms with Crippen molar-refractivity contribution >= 4 is 11.8 Å². The number of ketones is 1. The third-order valence-electron chi connectivity index (χ3n) is 15.4. The molecule has 2 aliphatic heterocycles. The lowest BCUT2D eigenvalue weighted by atomic mass is 9.41. The molecule has 2 spiro atoms. The molecule has 8 heteroatoms. The Hall–Kier alpha value is -1.06. The van der Waals surface area contributed by atoms with Gasteiger partial charge in [-0.15, -0.1) is 0 Å². The molecule has 45 heavy (non-hydrogen) atoms. The molecule has 8 nitrogen and oxygen atoms in total. The average Bonchev–Trinajstić information content (AvgIpc) is 3.57. The van der Waals surface area contributed by atoms with Crippen LogP contribution in [0.3, 0.4) is 0 Å². The number of hydrogen-bond donors (Lipinski definition) is 1. The van der Waals surface area contributed by atoms with E-state index < -0.39 is 35.3 Å². The number of carbonyl (C=O) groups excluding carboxylic acids is 2. The molecule has 254 valence electrons. The van der Waals surface area contributed by atoms with Crippen LogP contribution in [-0.4, -0.2) is 84.8 Å². The summed E-state index contributed by atoms with van der Waals surface area (Å²) in [6.07, 6.45) is 6.82. The summed E-state index contributed by atoms with van der Waals surface area (Å²) in [5.41, 5.74) is -1.32. The van der Waals surface area contributed by atoms with Gasteiger partial charge in [0, 0.05) is 31.3 Å². The molecule has 0 bridgehead atoms. The molecule has 2 saturated heterocycles. The second-order valence-corrected chi connectivity index (χ2v) is 18.2. The SMILES string of the molecule is CC(=O)OC([C@H]1C[C@@H](C)[C@H]2[C@H](O1)C(=O)[C@@]1(C)[C@@H]3CC[C@H]4C(C)(C)[C@@H](OC5CN(C)CCO5)CC[C@@]45CC35CC[C@]21C)C(C)(C)O. The number of hydrogen-bond acceptors (Lipinski definition) is 8. The van der Waals surface area contributed by atoms with Crippen molar-refractivity contribution < 1.29 is 33.6 Å². The zero-order valence-corrected chi connectivity index (χ0v) is 29.3. The number of Topliss-reactive ketones (excluding diaryl/α,β-unsaturated/α-hetero) is 1. The Bertz CT molecular complexity index is 1230. The minimum atomic E-state index is -1.28. The number of aliphatic hydroxyl groups is 1. The van der Waals surface area contributed by atoms with Crippen LogP contribution in [-0.2, 0) is 28.5 Å². The summed E-state index contributed by atoms with van der Waals surface area (Å²) >= 11 is 0. The van der Waals surface area contributed by atoms with E-state index in [9.17, 15) is 14.7 Å². The maximum absolute atomic E-state index is 15.0. The number of fused-ring (bicyclic) bond motifs is 4. The molecule has 0 radical (unpaired) electrons. The van der Waals surface area contributed by atoms with Crippen molar-refractivity contribution in [3.63, 3.8) is 0 Å². The van der Waals surface area contributed by atoms with Gasteiger partial charge < -0.3 is 24.1 Å².